The van der Waals surface area contributed by atoms with Crippen molar-refractivity contribution in [3.63, 3.8) is 0 Å². The van der Waals surface area contributed by atoms with Gasteiger partial charge in [-0.15, -0.1) is 0 Å². The summed E-state index contributed by atoms with van der Waals surface area (Å²) < 4.78 is 4.86. The van der Waals surface area contributed by atoms with Crippen LogP contribution in [0.2, 0.25) is 0 Å². The minimum Gasteiger partial charge on any atom is -0.504 e. The Morgan fingerprint density at radius 3 is 2.67 bits per heavy atom. The van der Waals surface area contributed by atoms with Crippen LogP contribution in [0.1, 0.15) is 5.56 Å². The number of ether oxygens (including phenoxy) is 1. The van der Waals surface area contributed by atoms with Gasteiger partial charge in [-0.3, -0.25) is 0 Å². The molecule has 0 heterocycles. The molecule has 0 atom stereocenters. The summed E-state index contributed by atoms with van der Waals surface area (Å²) in [5, 5.41) is 17.6. The molecule has 2 N–H and O–H groups in total. The van der Waals surface area contributed by atoms with E-state index in [1.54, 1.807) is 12.1 Å². The SMILES string of the molecule is COc1cc(/C=C\C(=O)O)ccc1O.[Fe]. The molecule has 15 heavy (non-hydrogen) atoms. The number of carboxylic acid groups (broad SMARTS) is 1. The monoisotopic (exact) mass is 250 g/mol. The fraction of sp³-hybridized carbons (Fsp3) is 0.100. The van der Waals surface area contributed by atoms with Gasteiger partial charge in [0.1, 0.15) is 0 Å². The number of hydrogen-bond donors (Lipinski definition) is 2. The molecule has 0 saturated heterocycles. The van der Waals surface area contributed by atoms with Crippen molar-refractivity contribution in [1.82, 2.24) is 0 Å². The fourth-order valence-corrected chi connectivity index (χ4v) is 0.965. The van der Waals surface area contributed by atoms with Crippen LogP contribution >= 0.6 is 0 Å². The van der Waals surface area contributed by atoms with Gasteiger partial charge >= 0.3 is 5.97 Å². The largest absolute Gasteiger partial charge is 0.504 e. The van der Waals surface area contributed by atoms with Gasteiger partial charge in [0, 0.05) is 23.1 Å². The first-order valence-corrected chi connectivity index (χ1v) is 3.91. The predicted molar refractivity (Wildman–Crippen MR) is 51.3 cm³/mol. The standard InChI is InChI=1S/C10H10O4.Fe/c1-14-9-6-7(2-4-8(9)11)3-5-10(12)13;/h2-6,11H,1H3,(H,12,13);/b5-3-;. The van der Waals surface area contributed by atoms with E-state index in [2.05, 4.69) is 0 Å². The number of carboxylic acids is 1. The molecule has 0 bridgehead atoms. The molecule has 0 amide bonds. The van der Waals surface area contributed by atoms with E-state index in [-0.39, 0.29) is 22.8 Å². The average molecular weight is 250 g/mol. The summed E-state index contributed by atoms with van der Waals surface area (Å²) in [5.74, 6) is -0.672. The molecule has 5 heteroatoms. The molecule has 0 spiro atoms. The average Bonchev–Trinajstić information content (AvgIpc) is 2.16. The van der Waals surface area contributed by atoms with Crippen LogP contribution < -0.4 is 4.74 Å². The van der Waals surface area contributed by atoms with E-state index in [4.69, 9.17) is 9.84 Å². The molecule has 0 aliphatic heterocycles. The summed E-state index contributed by atoms with van der Waals surface area (Å²) in [4.78, 5) is 10.2. The summed E-state index contributed by atoms with van der Waals surface area (Å²) in [6.45, 7) is 0. The second-order valence-electron chi connectivity index (χ2n) is 2.60. The molecule has 4 nitrogen and oxygen atoms in total. The van der Waals surface area contributed by atoms with Gasteiger partial charge in [-0.05, 0) is 23.8 Å². The smallest absolute Gasteiger partial charge is 0.328 e. The van der Waals surface area contributed by atoms with Gasteiger partial charge in [-0.1, -0.05) is 6.07 Å². The maximum atomic E-state index is 10.2. The van der Waals surface area contributed by atoms with E-state index in [1.165, 1.54) is 19.3 Å². The summed E-state index contributed by atoms with van der Waals surface area (Å²) >= 11 is 0. The normalized spacial score (nSPS) is 9.67. The van der Waals surface area contributed by atoms with Crippen LogP contribution in [-0.2, 0) is 21.9 Å². The van der Waals surface area contributed by atoms with E-state index in [0.717, 1.165) is 6.08 Å². The summed E-state index contributed by atoms with van der Waals surface area (Å²) in [6, 6.07) is 4.59. The third kappa shape index (κ3) is 4.06. The predicted octanol–water partition coefficient (Wildman–Crippen LogP) is 1.50. The second kappa shape index (κ2) is 6.11. The molecule has 0 saturated carbocycles. The Morgan fingerprint density at radius 1 is 1.47 bits per heavy atom. The first kappa shape index (κ1) is 13.5. The van der Waals surface area contributed by atoms with Crippen molar-refractivity contribution in [2.24, 2.45) is 0 Å². The number of carbonyl (C=O) groups is 1. The van der Waals surface area contributed by atoms with Crippen molar-refractivity contribution < 1.29 is 36.8 Å². The molecule has 0 unspecified atom stereocenters. The number of rotatable bonds is 3. The first-order valence-electron chi connectivity index (χ1n) is 3.91. The van der Waals surface area contributed by atoms with E-state index in [9.17, 15) is 9.90 Å². The number of phenolic OH excluding ortho intramolecular Hbond substituents is 1. The maximum Gasteiger partial charge on any atom is 0.328 e. The van der Waals surface area contributed by atoms with Crippen LogP contribution in [0.5, 0.6) is 11.5 Å². The second-order valence-corrected chi connectivity index (χ2v) is 2.60. The Hall–Kier alpha value is -1.45. The van der Waals surface area contributed by atoms with E-state index < -0.39 is 5.97 Å². The topological polar surface area (TPSA) is 66.8 Å². The fourth-order valence-electron chi connectivity index (χ4n) is 0.965. The minimum atomic E-state index is -1.02. The molecular weight excluding hydrogens is 240 g/mol. The van der Waals surface area contributed by atoms with Crippen molar-refractivity contribution >= 4 is 12.0 Å². The van der Waals surface area contributed by atoms with Crippen LogP contribution in [0.4, 0.5) is 0 Å². The number of phenols is 1. The molecule has 82 valence electrons. The number of benzene rings is 1. The van der Waals surface area contributed by atoms with Crippen LogP contribution in [0.15, 0.2) is 24.3 Å². The van der Waals surface area contributed by atoms with Gasteiger partial charge in [-0.2, -0.15) is 0 Å². The third-order valence-electron chi connectivity index (χ3n) is 1.62. The summed E-state index contributed by atoms with van der Waals surface area (Å²) in [7, 11) is 1.43. The molecule has 1 rings (SSSR count). The van der Waals surface area contributed by atoms with Crippen molar-refractivity contribution in [2.75, 3.05) is 7.11 Å². The van der Waals surface area contributed by atoms with Gasteiger partial charge in [0.05, 0.1) is 7.11 Å². The van der Waals surface area contributed by atoms with Crippen LogP contribution in [-0.4, -0.2) is 23.3 Å². The van der Waals surface area contributed by atoms with Gasteiger partial charge < -0.3 is 14.9 Å². The Kier molecular flexibility index (Phi) is 5.52. The first-order chi connectivity index (χ1) is 6.63. The van der Waals surface area contributed by atoms with Crippen molar-refractivity contribution in [3.05, 3.63) is 29.8 Å². The molecule has 0 radical (unpaired) electrons. The van der Waals surface area contributed by atoms with Crippen LogP contribution in [0.3, 0.4) is 0 Å². The Labute approximate surface area is 97.7 Å². The van der Waals surface area contributed by atoms with Gasteiger partial charge in [0.2, 0.25) is 0 Å². The van der Waals surface area contributed by atoms with Gasteiger partial charge in [-0.25, -0.2) is 4.79 Å². The molecule has 0 fully saturated rings. The zero-order valence-corrected chi connectivity index (χ0v) is 9.06. The maximum absolute atomic E-state index is 10.2. The molecule has 0 aliphatic carbocycles. The van der Waals surface area contributed by atoms with Crippen LogP contribution in [0.25, 0.3) is 6.08 Å². The molecular formula is C10H10FeO4. The number of aliphatic carboxylic acids is 1. The minimum absolute atomic E-state index is 0. The quantitative estimate of drug-likeness (QED) is 0.630. The molecule has 1 aromatic rings. The van der Waals surface area contributed by atoms with Crippen molar-refractivity contribution in [3.8, 4) is 11.5 Å². The number of hydrogen-bond acceptors (Lipinski definition) is 3. The Bertz CT molecular complexity index is 374. The van der Waals surface area contributed by atoms with Gasteiger partial charge in [0.15, 0.2) is 11.5 Å². The van der Waals surface area contributed by atoms with E-state index >= 15 is 0 Å². The van der Waals surface area contributed by atoms with E-state index in [0.29, 0.717) is 11.3 Å². The summed E-state index contributed by atoms with van der Waals surface area (Å²) in [6.07, 6.45) is 2.44. The van der Waals surface area contributed by atoms with Gasteiger partial charge in [0.25, 0.3) is 0 Å². The number of methoxy groups -OCH3 is 1. The molecule has 0 aromatic heterocycles. The van der Waals surface area contributed by atoms with Crippen molar-refractivity contribution in [1.29, 1.82) is 0 Å². The van der Waals surface area contributed by atoms with Crippen LogP contribution in [0, 0.1) is 0 Å². The zero-order valence-electron chi connectivity index (χ0n) is 7.95. The Morgan fingerprint density at radius 2 is 2.13 bits per heavy atom. The third-order valence-corrected chi connectivity index (χ3v) is 1.62. The molecule has 0 aliphatic rings. The van der Waals surface area contributed by atoms with Crippen molar-refractivity contribution in [2.45, 2.75) is 0 Å². The molecule has 1 aromatic carbocycles. The van der Waals surface area contributed by atoms with E-state index in [1.807, 2.05) is 0 Å². The summed E-state index contributed by atoms with van der Waals surface area (Å²) in [5.41, 5.74) is 0.655. The Balaban J connectivity index is 0.00000196. The number of aromatic hydroxyl groups is 1. The zero-order chi connectivity index (χ0) is 10.6.